The van der Waals surface area contributed by atoms with E-state index in [2.05, 4.69) is 6.92 Å². The average Bonchev–Trinajstić information content (AvgIpc) is 2.54. The van der Waals surface area contributed by atoms with Gasteiger partial charge in [-0.15, -0.1) is 11.8 Å². The summed E-state index contributed by atoms with van der Waals surface area (Å²) in [6.07, 6.45) is 4.03. The lowest BCUT2D eigenvalue weighted by Gasteiger charge is -2.31. The number of nitriles is 3. The topological polar surface area (TPSA) is 97.7 Å². The highest BCUT2D eigenvalue weighted by molar-refractivity contribution is 8.02. The molecule has 0 unspecified atom stereocenters. The van der Waals surface area contributed by atoms with E-state index in [9.17, 15) is 10.1 Å². The number of nitrogens with zero attached hydrogens (tertiary/aromatic N) is 3. The first-order valence-corrected chi connectivity index (χ1v) is 8.64. The second-order valence-electron chi connectivity index (χ2n) is 5.34. The van der Waals surface area contributed by atoms with Gasteiger partial charge < -0.3 is 4.74 Å². The van der Waals surface area contributed by atoms with Gasteiger partial charge in [-0.05, 0) is 43.9 Å². The summed E-state index contributed by atoms with van der Waals surface area (Å²) in [5.41, 5.74) is 0.762. The SMILES string of the molecule is CCOC(=O)/C(C#N)=C1\C[C@H](C)CC[C@H]1C(SC)=C(C#N)C#N. The van der Waals surface area contributed by atoms with Crippen LogP contribution in [0, 0.1) is 45.8 Å². The molecule has 0 amide bonds. The Bertz CT molecular complexity index is 643. The molecule has 0 aromatic heterocycles. The molecule has 0 N–H and O–H groups in total. The van der Waals surface area contributed by atoms with Gasteiger partial charge in [0.1, 0.15) is 29.4 Å². The number of esters is 1. The molecule has 23 heavy (non-hydrogen) atoms. The molecule has 0 radical (unpaired) electrons. The first-order chi connectivity index (χ1) is 11.0. The zero-order valence-electron chi connectivity index (χ0n) is 13.5. The molecule has 0 saturated heterocycles. The lowest BCUT2D eigenvalue weighted by molar-refractivity contribution is -0.138. The molecule has 1 rings (SSSR count). The number of hydrogen-bond acceptors (Lipinski definition) is 6. The van der Waals surface area contributed by atoms with Crippen molar-refractivity contribution in [2.24, 2.45) is 11.8 Å². The van der Waals surface area contributed by atoms with E-state index in [-0.39, 0.29) is 23.7 Å². The molecule has 5 nitrogen and oxygen atoms in total. The van der Waals surface area contributed by atoms with Crippen molar-refractivity contribution in [3.63, 3.8) is 0 Å². The highest BCUT2D eigenvalue weighted by Gasteiger charge is 2.32. The van der Waals surface area contributed by atoms with Gasteiger partial charge in [0.2, 0.25) is 0 Å². The van der Waals surface area contributed by atoms with Gasteiger partial charge in [-0.2, -0.15) is 15.8 Å². The number of hydrogen-bond donors (Lipinski definition) is 0. The van der Waals surface area contributed by atoms with Crippen molar-refractivity contribution in [3.05, 3.63) is 21.6 Å². The Morgan fingerprint density at radius 1 is 1.26 bits per heavy atom. The molecule has 120 valence electrons. The van der Waals surface area contributed by atoms with Gasteiger partial charge in [-0.25, -0.2) is 4.79 Å². The highest BCUT2D eigenvalue weighted by Crippen LogP contribution is 2.43. The lowest BCUT2D eigenvalue weighted by Crippen LogP contribution is -2.22. The first kappa shape index (κ1) is 18.8. The third-order valence-corrected chi connectivity index (χ3v) is 4.78. The fourth-order valence-electron chi connectivity index (χ4n) is 2.82. The number of allylic oxidation sites excluding steroid dienone is 3. The zero-order chi connectivity index (χ0) is 17.4. The van der Waals surface area contributed by atoms with Crippen LogP contribution in [0.1, 0.15) is 33.1 Å². The van der Waals surface area contributed by atoms with Gasteiger partial charge >= 0.3 is 5.97 Å². The molecule has 1 aliphatic rings. The molecule has 1 saturated carbocycles. The second-order valence-corrected chi connectivity index (χ2v) is 6.19. The van der Waals surface area contributed by atoms with Crippen LogP contribution >= 0.6 is 11.8 Å². The summed E-state index contributed by atoms with van der Waals surface area (Å²) in [4.78, 5) is 12.7. The van der Waals surface area contributed by atoms with Crippen molar-refractivity contribution in [2.45, 2.75) is 33.1 Å². The Morgan fingerprint density at radius 3 is 2.39 bits per heavy atom. The fraction of sp³-hybridized carbons (Fsp3) is 0.529. The number of ether oxygens (including phenoxy) is 1. The molecular formula is C17H19N3O2S. The maximum Gasteiger partial charge on any atom is 0.348 e. The number of rotatable bonds is 4. The second kappa shape index (κ2) is 9.03. The summed E-state index contributed by atoms with van der Waals surface area (Å²) in [5.74, 6) is -0.524. The molecule has 0 aromatic rings. The fourth-order valence-corrected chi connectivity index (χ4v) is 3.66. The number of thioether (sulfide) groups is 1. The smallest absolute Gasteiger partial charge is 0.348 e. The van der Waals surface area contributed by atoms with E-state index in [4.69, 9.17) is 15.3 Å². The third kappa shape index (κ3) is 4.38. The van der Waals surface area contributed by atoms with E-state index in [0.29, 0.717) is 29.2 Å². The summed E-state index contributed by atoms with van der Waals surface area (Å²) in [5, 5.41) is 27.8. The maximum atomic E-state index is 12.1. The molecule has 0 aromatic carbocycles. The summed E-state index contributed by atoms with van der Waals surface area (Å²) in [6, 6.07) is 5.81. The maximum absolute atomic E-state index is 12.1. The Morgan fingerprint density at radius 2 is 1.91 bits per heavy atom. The molecule has 0 aliphatic heterocycles. The van der Waals surface area contributed by atoms with Crippen molar-refractivity contribution < 1.29 is 9.53 Å². The normalized spacial score (nSPS) is 22.1. The molecule has 2 atom stereocenters. The Kier molecular flexibility index (Phi) is 7.39. The first-order valence-electron chi connectivity index (χ1n) is 7.42. The monoisotopic (exact) mass is 329 g/mol. The predicted octanol–water partition coefficient (Wildman–Crippen LogP) is 3.47. The minimum absolute atomic E-state index is 0.0187. The van der Waals surface area contributed by atoms with Crippen LogP contribution in [0.5, 0.6) is 0 Å². The van der Waals surface area contributed by atoms with Gasteiger partial charge in [-0.3, -0.25) is 0 Å². The van der Waals surface area contributed by atoms with Crippen molar-refractivity contribution in [1.82, 2.24) is 0 Å². The third-order valence-electron chi connectivity index (χ3n) is 3.86. The van der Waals surface area contributed by atoms with E-state index in [1.807, 2.05) is 18.2 Å². The largest absolute Gasteiger partial charge is 0.462 e. The lowest BCUT2D eigenvalue weighted by atomic mass is 9.76. The molecule has 0 bridgehead atoms. The minimum Gasteiger partial charge on any atom is -0.462 e. The van der Waals surface area contributed by atoms with E-state index in [0.717, 1.165) is 6.42 Å². The van der Waals surface area contributed by atoms with Crippen LogP contribution in [0.4, 0.5) is 0 Å². The van der Waals surface area contributed by atoms with Gasteiger partial charge in [0.25, 0.3) is 0 Å². The molecule has 1 fully saturated rings. The van der Waals surface area contributed by atoms with Crippen molar-refractivity contribution >= 4 is 17.7 Å². The van der Waals surface area contributed by atoms with Gasteiger partial charge in [0.05, 0.1) is 6.61 Å². The van der Waals surface area contributed by atoms with Crippen LogP contribution in [0.3, 0.4) is 0 Å². The molecule has 6 heteroatoms. The van der Waals surface area contributed by atoms with E-state index < -0.39 is 5.97 Å². The van der Waals surface area contributed by atoms with Gasteiger partial charge in [0, 0.05) is 10.8 Å². The Balaban J connectivity index is 3.48. The van der Waals surface area contributed by atoms with Crippen LogP contribution in [0.25, 0.3) is 0 Å². The number of carbonyl (C=O) groups is 1. The number of carbonyl (C=O) groups excluding carboxylic acids is 1. The molecule has 0 heterocycles. The van der Waals surface area contributed by atoms with Crippen LogP contribution in [0.2, 0.25) is 0 Å². The summed E-state index contributed by atoms with van der Waals surface area (Å²) in [7, 11) is 0. The Hall–Kier alpha value is -2.23. The van der Waals surface area contributed by atoms with Crippen LogP contribution in [0.15, 0.2) is 21.6 Å². The highest BCUT2D eigenvalue weighted by atomic mass is 32.2. The molecule has 1 aliphatic carbocycles. The van der Waals surface area contributed by atoms with Crippen molar-refractivity contribution in [1.29, 1.82) is 15.8 Å². The predicted molar refractivity (Wildman–Crippen MR) is 87.5 cm³/mol. The Labute approximate surface area is 141 Å². The van der Waals surface area contributed by atoms with Gasteiger partial charge in [-0.1, -0.05) is 6.92 Å². The van der Waals surface area contributed by atoms with Gasteiger partial charge in [0.15, 0.2) is 0 Å². The van der Waals surface area contributed by atoms with Crippen LogP contribution < -0.4 is 0 Å². The molecular weight excluding hydrogens is 310 g/mol. The minimum atomic E-state index is -0.625. The average molecular weight is 329 g/mol. The molecule has 0 spiro atoms. The van der Waals surface area contributed by atoms with E-state index >= 15 is 0 Å². The van der Waals surface area contributed by atoms with E-state index in [1.54, 1.807) is 13.2 Å². The zero-order valence-corrected chi connectivity index (χ0v) is 14.4. The van der Waals surface area contributed by atoms with Crippen molar-refractivity contribution in [2.75, 3.05) is 12.9 Å². The van der Waals surface area contributed by atoms with E-state index in [1.165, 1.54) is 11.8 Å². The van der Waals surface area contributed by atoms with Crippen molar-refractivity contribution in [3.8, 4) is 18.2 Å². The van der Waals surface area contributed by atoms with Crippen LogP contribution in [-0.2, 0) is 9.53 Å². The summed E-state index contributed by atoms with van der Waals surface area (Å²) in [6.45, 7) is 3.95. The summed E-state index contributed by atoms with van der Waals surface area (Å²) >= 11 is 1.33. The quantitative estimate of drug-likeness (QED) is 0.445. The van der Waals surface area contributed by atoms with Crippen LogP contribution in [-0.4, -0.2) is 18.8 Å². The standard InChI is InChI=1S/C17H19N3O2S/c1-4-22-17(21)15(10-20)14-7-11(2)5-6-13(14)16(23-3)12(8-18)9-19/h11,13H,4-7H2,1-3H3/b15-14+/t11-,13-/m1/s1. The summed E-state index contributed by atoms with van der Waals surface area (Å²) < 4.78 is 4.99.